The van der Waals surface area contributed by atoms with Gasteiger partial charge in [0.15, 0.2) is 0 Å². The van der Waals surface area contributed by atoms with Crippen LogP contribution < -0.4 is 15.4 Å². The molecule has 0 saturated carbocycles. The van der Waals surface area contributed by atoms with E-state index in [1.54, 1.807) is 17.2 Å². The summed E-state index contributed by atoms with van der Waals surface area (Å²) in [6, 6.07) is 5.72. The van der Waals surface area contributed by atoms with E-state index in [-0.39, 0.29) is 11.5 Å². The van der Waals surface area contributed by atoms with Gasteiger partial charge >= 0.3 is 0 Å². The van der Waals surface area contributed by atoms with Gasteiger partial charge < -0.3 is 9.80 Å². The van der Waals surface area contributed by atoms with Gasteiger partial charge in [0.1, 0.15) is 6.07 Å². The maximum absolute atomic E-state index is 11.9. The molecular formula is C17H20N6O. The van der Waals surface area contributed by atoms with Crippen LogP contribution in [-0.2, 0) is 0 Å². The Morgan fingerprint density at radius 1 is 1.42 bits per heavy atom. The summed E-state index contributed by atoms with van der Waals surface area (Å²) in [5.74, 6) is 0.736. The quantitative estimate of drug-likeness (QED) is 0.918. The highest BCUT2D eigenvalue weighted by Gasteiger charge is 2.27. The normalized spacial score (nSPS) is 16.9. The maximum atomic E-state index is 11.9. The Morgan fingerprint density at radius 3 is 2.92 bits per heavy atom. The fourth-order valence-electron chi connectivity index (χ4n) is 3.00. The molecule has 124 valence electrons. The number of aryl methyl sites for hydroxylation is 1. The first-order valence-corrected chi connectivity index (χ1v) is 7.88. The zero-order valence-corrected chi connectivity index (χ0v) is 14.1. The minimum absolute atomic E-state index is 0.139. The average molecular weight is 324 g/mol. The molecule has 0 aromatic carbocycles. The molecule has 1 atom stereocenters. The molecule has 2 aromatic rings. The minimum atomic E-state index is -0.139. The van der Waals surface area contributed by atoms with E-state index in [1.807, 2.05) is 27.1 Å². The molecular weight excluding hydrogens is 304 g/mol. The summed E-state index contributed by atoms with van der Waals surface area (Å²) in [6.07, 6.45) is 2.52. The summed E-state index contributed by atoms with van der Waals surface area (Å²) in [6.45, 7) is 3.48. The first kappa shape index (κ1) is 16.0. The number of aromatic amines is 1. The van der Waals surface area contributed by atoms with Crippen LogP contribution in [-0.4, -0.2) is 42.1 Å². The van der Waals surface area contributed by atoms with Gasteiger partial charge in [-0.3, -0.25) is 14.8 Å². The molecule has 2 aromatic heterocycles. The Labute approximate surface area is 140 Å². The highest BCUT2D eigenvalue weighted by Crippen LogP contribution is 2.31. The van der Waals surface area contributed by atoms with Crippen molar-refractivity contribution in [1.82, 2.24) is 15.0 Å². The zero-order valence-electron chi connectivity index (χ0n) is 14.1. The molecule has 7 nitrogen and oxygen atoms in total. The average Bonchev–Trinajstić information content (AvgIpc) is 3.04. The number of nitrogens with zero attached hydrogens (tertiary/aromatic N) is 5. The second-order valence-electron chi connectivity index (χ2n) is 6.27. The summed E-state index contributed by atoms with van der Waals surface area (Å²) in [5, 5.41) is 9.31. The number of H-pyrrole nitrogens is 1. The van der Waals surface area contributed by atoms with E-state index in [1.165, 1.54) is 0 Å². The smallest absolute Gasteiger partial charge is 0.252 e. The predicted octanol–water partition coefficient (Wildman–Crippen LogP) is 1.40. The van der Waals surface area contributed by atoms with Crippen molar-refractivity contribution >= 4 is 11.6 Å². The lowest BCUT2D eigenvalue weighted by atomic mass is 10.0. The number of rotatable bonds is 3. The molecule has 1 unspecified atom stereocenters. The maximum Gasteiger partial charge on any atom is 0.252 e. The Balaban J connectivity index is 1.88. The summed E-state index contributed by atoms with van der Waals surface area (Å²) >= 11 is 0. The van der Waals surface area contributed by atoms with E-state index in [2.05, 4.69) is 25.9 Å². The Kier molecular flexibility index (Phi) is 4.21. The number of anilines is 2. The van der Waals surface area contributed by atoms with Gasteiger partial charge in [-0.05, 0) is 19.4 Å². The van der Waals surface area contributed by atoms with Gasteiger partial charge in [0.2, 0.25) is 5.95 Å². The lowest BCUT2D eigenvalue weighted by molar-refractivity contribution is 0.733. The van der Waals surface area contributed by atoms with Crippen LogP contribution in [0.15, 0.2) is 23.1 Å². The van der Waals surface area contributed by atoms with E-state index in [0.29, 0.717) is 11.5 Å². The van der Waals surface area contributed by atoms with Gasteiger partial charge in [0.05, 0.1) is 16.9 Å². The van der Waals surface area contributed by atoms with Crippen molar-refractivity contribution in [3.05, 3.63) is 45.6 Å². The number of nitrogens with one attached hydrogen (secondary N) is 1. The Morgan fingerprint density at radius 2 is 2.21 bits per heavy atom. The lowest BCUT2D eigenvalue weighted by Crippen LogP contribution is -2.23. The van der Waals surface area contributed by atoms with Gasteiger partial charge in [0.25, 0.3) is 5.56 Å². The second-order valence-corrected chi connectivity index (χ2v) is 6.27. The van der Waals surface area contributed by atoms with Crippen molar-refractivity contribution in [1.29, 1.82) is 5.26 Å². The molecule has 0 aliphatic carbocycles. The van der Waals surface area contributed by atoms with E-state index in [4.69, 9.17) is 0 Å². The summed E-state index contributed by atoms with van der Waals surface area (Å²) < 4.78 is 0. The summed E-state index contributed by atoms with van der Waals surface area (Å²) in [7, 11) is 3.70. The molecule has 1 aliphatic heterocycles. The van der Waals surface area contributed by atoms with Crippen molar-refractivity contribution in [3.8, 4) is 6.07 Å². The van der Waals surface area contributed by atoms with E-state index in [9.17, 15) is 10.1 Å². The van der Waals surface area contributed by atoms with E-state index >= 15 is 0 Å². The molecule has 7 heteroatoms. The van der Waals surface area contributed by atoms with E-state index in [0.717, 1.165) is 36.6 Å². The molecule has 3 heterocycles. The van der Waals surface area contributed by atoms with Crippen LogP contribution >= 0.6 is 0 Å². The van der Waals surface area contributed by atoms with Crippen molar-refractivity contribution in [2.45, 2.75) is 19.3 Å². The monoisotopic (exact) mass is 324 g/mol. The van der Waals surface area contributed by atoms with Crippen LogP contribution in [0.3, 0.4) is 0 Å². The Hall–Kier alpha value is -2.88. The summed E-state index contributed by atoms with van der Waals surface area (Å²) in [5.41, 5.74) is 3.03. The van der Waals surface area contributed by atoms with Crippen LogP contribution in [0.1, 0.15) is 29.3 Å². The zero-order chi connectivity index (χ0) is 17.3. The van der Waals surface area contributed by atoms with Gasteiger partial charge in [0, 0.05) is 51.1 Å². The SMILES string of the molecule is Cc1cc(N2CCC(c3cc(=O)[nH]c(N(C)C)n3)C2)c(C#N)cn1. The highest BCUT2D eigenvalue weighted by atomic mass is 16.1. The second kappa shape index (κ2) is 6.32. The van der Waals surface area contributed by atoms with Crippen LogP contribution in [0.4, 0.5) is 11.6 Å². The van der Waals surface area contributed by atoms with Gasteiger partial charge in [-0.1, -0.05) is 0 Å². The number of hydrogen-bond donors (Lipinski definition) is 1. The first-order valence-electron chi connectivity index (χ1n) is 7.88. The van der Waals surface area contributed by atoms with Crippen molar-refractivity contribution < 1.29 is 0 Å². The van der Waals surface area contributed by atoms with Crippen LogP contribution in [0.25, 0.3) is 0 Å². The summed E-state index contributed by atoms with van der Waals surface area (Å²) in [4.78, 5) is 27.3. The standard InChI is InChI=1S/C17H20N6O/c1-11-6-15(13(8-18)9-19-11)23-5-4-12(10-23)14-7-16(24)21-17(20-14)22(2)3/h6-7,9,12H,4-5,10H2,1-3H3,(H,20,21,24). The molecule has 1 N–H and O–H groups in total. The third-order valence-electron chi connectivity index (χ3n) is 4.26. The first-order chi connectivity index (χ1) is 11.5. The molecule has 0 spiro atoms. The fourth-order valence-corrected chi connectivity index (χ4v) is 3.00. The van der Waals surface area contributed by atoms with E-state index < -0.39 is 0 Å². The molecule has 0 amide bonds. The van der Waals surface area contributed by atoms with Gasteiger partial charge in [-0.25, -0.2) is 4.98 Å². The number of aromatic nitrogens is 3. The molecule has 24 heavy (non-hydrogen) atoms. The van der Waals surface area contributed by atoms with Crippen LogP contribution in [0, 0.1) is 18.3 Å². The van der Waals surface area contributed by atoms with Crippen molar-refractivity contribution in [2.75, 3.05) is 37.0 Å². The fraction of sp³-hybridized carbons (Fsp3) is 0.412. The molecule has 1 saturated heterocycles. The number of nitriles is 1. The lowest BCUT2D eigenvalue weighted by Gasteiger charge is -2.20. The highest BCUT2D eigenvalue weighted by molar-refractivity contribution is 5.60. The third kappa shape index (κ3) is 3.08. The third-order valence-corrected chi connectivity index (χ3v) is 4.26. The van der Waals surface area contributed by atoms with Crippen LogP contribution in [0.5, 0.6) is 0 Å². The topological polar surface area (TPSA) is 88.9 Å². The van der Waals surface area contributed by atoms with Crippen molar-refractivity contribution in [2.24, 2.45) is 0 Å². The molecule has 0 radical (unpaired) electrons. The van der Waals surface area contributed by atoms with Crippen LogP contribution in [0.2, 0.25) is 0 Å². The number of hydrogen-bond acceptors (Lipinski definition) is 6. The van der Waals surface area contributed by atoms with Gasteiger partial charge in [-0.2, -0.15) is 5.26 Å². The number of pyridine rings is 1. The Bertz CT molecular complexity index is 851. The molecule has 1 aliphatic rings. The van der Waals surface area contributed by atoms with Gasteiger partial charge in [-0.15, -0.1) is 0 Å². The largest absolute Gasteiger partial charge is 0.370 e. The molecule has 0 bridgehead atoms. The minimum Gasteiger partial charge on any atom is -0.370 e. The molecule has 3 rings (SSSR count). The van der Waals surface area contributed by atoms with Crippen molar-refractivity contribution in [3.63, 3.8) is 0 Å². The predicted molar refractivity (Wildman–Crippen MR) is 92.4 cm³/mol. The molecule has 1 fully saturated rings.